The first-order valence-corrected chi connectivity index (χ1v) is 7.44. The Balaban J connectivity index is 1.75. The van der Waals surface area contributed by atoms with Crippen molar-refractivity contribution < 1.29 is 8.78 Å². The van der Waals surface area contributed by atoms with Crippen molar-refractivity contribution >= 4 is 0 Å². The van der Waals surface area contributed by atoms with E-state index in [1.54, 1.807) is 53.8 Å². The molecule has 3 heterocycles. The van der Waals surface area contributed by atoms with Crippen LogP contribution in [0, 0.1) is 11.8 Å². The van der Waals surface area contributed by atoms with Crippen molar-refractivity contribution in [1.29, 1.82) is 0 Å². The van der Waals surface area contributed by atoms with E-state index in [-0.39, 0.29) is 5.56 Å². The van der Waals surface area contributed by atoms with Gasteiger partial charge in [-0.3, -0.25) is 0 Å². The molecule has 5 nitrogen and oxygen atoms in total. The lowest BCUT2D eigenvalue weighted by molar-refractivity contribution is 0.558. The molecule has 0 aliphatic carbocycles. The van der Waals surface area contributed by atoms with Gasteiger partial charge in [-0.25, -0.2) is 24.3 Å². The first-order valence-electron chi connectivity index (χ1n) is 7.44. The molecule has 25 heavy (non-hydrogen) atoms. The van der Waals surface area contributed by atoms with Gasteiger partial charge >= 0.3 is 0 Å². The highest BCUT2D eigenvalue weighted by Crippen LogP contribution is 2.27. The number of hydrogen-bond acceptors (Lipinski definition) is 4. The molecule has 0 unspecified atom stereocenters. The fourth-order valence-electron chi connectivity index (χ4n) is 2.50. The summed E-state index contributed by atoms with van der Waals surface area (Å²) in [6.45, 7) is 0. The molecule has 0 fully saturated rings. The van der Waals surface area contributed by atoms with E-state index in [9.17, 15) is 8.78 Å². The van der Waals surface area contributed by atoms with E-state index in [1.165, 1.54) is 0 Å². The average Bonchev–Trinajstić information content (AvgIpc) is 3.13. The Morgan fingerprint density at radius 2 is 1.68 bits per heavy atom. The van der Waals surface area contributed by atoms with Gasteiger partial charge in [0, 0.05) is 30.5 Å². The summed E-state index contributed by atoms with van der Waals surface area (Å²) in [5, 5.41) is 0. The second-order valence-electron chi connectivity index (χ2n) is 5.25. The van der Waals surface area contributed by atoms with Gasteiger partial charge in [-0.15, -0.1) is 0 Å². The molecule has 7 heteroatoms. The molecule has 0 saturated carbocycles. The van der Waals surface area contributed by atoms with Crippen LogP contribution in [0.4, 0.5) is 8.78 Å². The minimum atomic E-state index is -0.846. The predicted octanol–water partition coefficient (Wildman–Crippen LogP) is 3.67. The number of nitrogens with zero attached hydrogens (tertiary/aromatic N) is 5. The van der Waals surface area contributed by atoms with Crippen molar-refractivity contribution in [3.63, 3.8) is 0 Å². The topological polar surface area (TPSA) is 56.5 Å². The zero-order chi connectivity index (χ0) is 17.2. The van der Waals surface area contributed by atoms with Crippen LogP contribution in [0.2, 0.25) is 0 Å². The summed E-state index contributed by atoms with van der Waals surface area (Å²) in [7, 11) is 0. The number of halogens is 2. The Morgan fingerprint density at radius 1 is 0.840 bits per heavy atom. The van der Waals surface area contributed by atoms with E-state index in [2.05, 4.69) is 19.9 Å². The zero-order valence-corrected chi connectivity index (χ0v) is 12.8. The molecule has 0 saturated heterocycles. The molecule has 0 atom stereocenters. The normalized spacial score (nSPS) is 10.8. The maximum atomic E-state index is 14.0. The van der Waals surface area contributed by atoms with E-state index < -0.39 is 11.8 Å². The lowest BCUT2D eigenvalue weighted by atomic mass is 10.1. The van der Waals surface area contributed by atoms with E-state index in [0.29, 0.717) is 22.8 Å². The van der Waals surface area contributed by atoms with Crippen LogP contribution in [0.5, 0.6) is 0 Å². The smallest absolute Gasteiger partial charge is 0.223 e. The first-order chi connectivity index (χ1) is 12.2. The summed E-state index contributed by atoms with van der Waals surface area (Å²) in [5.74, 6) is -1.00. The van der Waals surface area contributed by atoms with E-state index in [4.69, 9.17) is 0 Å². The summed E-state index contributed by atoms with van der Waals surface area (Å²) in [6, 6.07) is 9.68. The molecule has 0 spiro atoms. The van der Waals surface area contributed by atoms with Crippen LogP contribution in [0.3, 0.4) is 0 Å². The number of aromatic nitrogens is 5. The Morgan fingerprint density at radius 3 is 2.48 bits per heavy atom. The highest BCUT2D eigenvalue weighted by Gasteiger charge is 2.13. The maximum Gasteiger partial charge on any atom is 0.223 e. The number of rotatable bonds is 3. The van der Waals surface area contributed by atoms with Crippen LogP contribution in [0.15, 0.2) is 67.5 Å². The van der Waals surface area contributed by atoms with Gasteiger partial charge in [0.1, 0.15) is 17.8 Å². The van der Waals surface area contributed by atoms with Gasteiger partial charge in [0.25, 0.3) is 0 Å². The monoisotopic (exact) mass is 335 g/mol. The average molecular weight is 335 g/mol. The van der Waals surface area contributed by atoms with Crippen LogP contribution in [0.1, 0.15) is 0 Å². The molecule has 0 N–H and O–H groups in total. The Hall–Kier alpha value is -3.48. The molecule has 3 aromatic heterocycles. The summed E-state index contributed by atoms with van der Waals surface area (Å²) >= 11 is 0. The van der Waals surface area contributed by atoms with Gasteiger partial charge in [0.05, 0.1) is 5.56 Å². The highest BCUT2D eigenvalue weighted by molar-refractivity contribution is 5.66. The lowest BCUT2D eigenvalue weighted by Crippen LogP contribution is -1.95. The second kappa shape index (κ2) is 6.20. The van der Waals surface area contributed by atoms with Crippen LogP contribution >= 0.6 is 0 Å². The molecule has 0 radical (unpaired) electrons. The van der Waals surface area contributed by atoms with Gasteiger partial charge in [-0.2, -0.15) is 4.39 Å². The van der Waals surface area contributed by atoms with Crippen LogP contribution < -0.4 is 0 Å². The maximum absolute atomic E-state index is 14.0. The number of hydrogen-bond donors (Lipinski definition) is 0. The van der Waals surface area contributed by atoms with Gasteiger partial charge in [0.15, 0.2) is 5.82 Å². The molecule has 0 aliphatic rings. The second-order valence-corrected chi connectivity index (χ2v) is 5.25. The molecule has 4 rings (SSSR count). The Bertz CT molecular complexity index is 1010. The molecule has 0 aliphatic heterocycles. The largest absolute Gasteiger partial charge is 0.306 e. The Kier molecular flexibility index (Phi) is 3.74. The summed E-state index contributed by atoms with van der Waals surface area (Å²) in [5.41, 5.74) is 1.54. The lowest BCUT2D eigenvalue weighted by Gasteiger charge is -2.07. The van der Waals surface area contributed by atoms with Crippen molar-refractivity contribution in [1.82, 2.24) is 24.5 Å². The van der Waals surface area contributed by atoms with Gasteiger partial charge < -0.3 is 4.57 Å². The quantitative estimate of drug-likeness (QED) is 0.536. The summed E-state index contributed by atoms with van der Waals surface area (Å²) in [4.78, 5) is 16.1. The fraction of sp³-hybridized carbons (Fsp3) is 0. The van der Waals surface area contributed by atoms with Crippen LogP contribution in [-0.4, -0.2) is 24.5 Å². The molecule has 0 amide bonds. The van der Waals surface area contributed by atoms with Crippen molar-refractivity contribution in [2.75, 3.05) is 0 Å². The third-order valence-electron chi connectivity index (χ3n) is 3.66. The number of benzene rings is 1. The van der Waals surface area contributed by atoms with Gasteiger partial charge in [-0.1, -0.05) is 12.1 Å². The van der Waals surface area contributed by atoms with Gasteiger partial charge in [-0.05, 0) is 29.8 Å². The van der Waals surface area contributed by atoms with Crippen LogP contribution in [0.25, 0.3) is 28.3 Å². The van der Waals surface area contributed by atoms with Gasteiger partial charge in [0.2, 0.25) is 5.95 Å². The molecular weight excluding hydrogens is 324 g/mol. The number of pyridine rings is 1. The van der Waals surface area contributed by atoms with Crippen molar-refractivity contribution in [2.24, 2.45) is 0 Å². The predicted molar refractivity (Wildman–Crippen MR) is 87.7 cm³/mol. The minimum absolute atomic E-state index is 0.156. The molecule has 4 aromatic rings. The fourth-order valence-corrected chi connectivity index (χ4v) is 2.50. The third kappa shape index (κ3) is 2.87. The van der Waals surface area contributed by atoms with Crippen molar-refractivity contribution in [3.8, 4) is 28.3 Å². The first kappa shape index (κ1) is 15.1. The van der Waals surface area contributed by atoms with E-state index in [0.717, 1.165) is 12.3 Å². The standard InChI is InChI=1S/C18H11F2N5/c19-14-5-8-21-17(20)16(14)12-3-1-4-13(9-12)25-10-15(24-11-25)18-22-6-2-7-23-18/h1-11H. The van der Waals surface area contributed by atoms with Crippen LogP contribution in [-0.2, 0) is 0 Å². The molecule has 1 aromatic carbocycles. The molecular formula is C18H11F2N5. The summed E-state index contributed by atoms with van der Waals surface area (Å²) in [6.07, 6.45) is 7.72. The van der Waals surface area contributed by atoms with Crippen molar-refractivity contribution in [2.45, 2.75) is 0 Å². The SMILES string of the molecule is Fc1ccnc(F)c1-c1cccc(-n2cnc(-c3ncccn3)c2)c1. The summed E-state index contributed by atoms with van der Waals surface area (Å²) < 4.78 is 29.6. The minimum Gasteiger partial charge on any atom is -0.306 e. The Labute approximate surface area is 141 Å². The van der Waals surface area contributed by atoms with E-state index in [1.807, 2.05) is 6.07 Å². The third-order valence-corrected chi connectivity index (χ3v) is 3.66. The molecule has 0 bridgehead atoms. The zero-order valence-electron chi connectivity index (χ0n) is 12.8. The molecule has 122 valence electrons. The van der Waals surface area contributed by atoms with E-state index >= 15 is 0 Å². The van der Waals surface area contributed by atoms with Crippen molar-refractivity contribution in [3.05, 3.63) is 79.3 Å². The number of imidazole rings is 1. The highest BCUT2D eigenvalue weighted by atomic mass is 19.1.